The molecule has 0 atom stereocenters. The molecule has 0 radical (unpaired) electrons. The molecule has 0 saturated carbocycles. The molecule has 3 heteroatoms. The highest BCUT2D eigenvalue weighted by Gasteiger charge is 2.21. The van der Waals surface area contributed by atoms with Gasteiger partial charge in [0.2, 0.25) is 0 Å². The van der Waals surface area contributed by atoms with Gasteiger partial charge in [0, 0.05) is 12.1 Å². The number of nitrogens with zero attached hydrogens (tertiary/aromatic N) is 1. The molecule has 0 fully saturated rings. The fourth-order valence-electron chi connectivity index (χ4n) is 1.62. The van der Waals surface area contributed by atoms with Gasteiger partial charge in [-0.15, -0.1) is 0 Å². The first-order valence-electron chi connectivity index (χ1n) is 5.95. The minimum absolute atomic E-state index is 0.162. The molecule has 1 aromatic rings. The Morgan fingerprint density at radius 2 is 1.94 bits per heavy atom. The van der Waals surface area contributed by atoms with Crippen molar-refractivity contribution >= 4 is 0 Å². The Kier molecular flexibility index (Phi) is 4.97. The zero-order valence-electron chi connectivity index (χ0n) is 11.2. The molecule has 0 aromatic heterocycles. The molecular weight excluding hydrogens is 214 g/mol. The van der Waals surface area contributed by atoms with Crippen LogP contribution in [0.2, 0.25) is 0 Å². The van der Waals surface area contributed by atoms with E-state index in [1.54, 1.807) is 7.11 Å². The predicted molar refractivity (Wildman–Crippen MR) is 70.5 cm³/mol. The van der Waals surface area contributed by atoms with Gasteiger partial charge < -0.3 is 9.84 Å². The van der Waals surface area contributed by atoms with E-state index in [1.165, 1.54) is 5.56 Å². The quantitative estimate of drug-likeness (QED) is 0.820. The summed E-state index contributed by atoms with van der Waals surface area (Å²) < 4.78 is 5.32. The van der Waals surface area contributed by atoms with Crippen LogP contribution in [0.15, 0.2) is 24.3 Å². The van der Waals surface area contributed by atoms with Crippen molar-refractivity contribution in [3.05, 3.63) is 29.8 Å². The first-order chi connectivity index (χ1) is 8.01. The largest absolute Gasteiger partial charge is 0.496 e. The molecule has 0 amide bonds. The predicted octanol–water partition coefficient (Wildman–Crippen LogP) is 1.94. The summed E-state index contributed by atoms with van der Waals surface area (Å²) in [5, 5.41) is 9.30. The van der Waals surface area contributed by atoms with Crippen LogP contribution in [0.5, 0.6) is 5.75 Å². The summed E-state index contributed by atoms with van der Waals surface area (Å²) in [6.45, 7) is 5.13. The van der Waals surface area contributed by atoms with Crippen molar-refractivity contribution in [1.29, 1.82) is 0 Å². The Labute approximate surface area is 104 Å². The fourth-order valence-corrected chi connectivity index (χ4v) is 1.62. The third kappa shape index (κ3) is 3.72. The molecule has 1 rings (SSSR count). The second-order valence-corrected chi connectivity index (χ2v) is 4.95. The van der Waals surface area contributed by atoms with Crippen molar-refractivity contribution in [2.45, 2.75) is 25.8 Å². The Morgan fingerprint density at radius 3 is 2.53 bits per heavy atom. The Hall–Kier alpha value is -1.06. The minimum Gasteiger partial charge on any atom is -0.496 e. The first-order valence-corrected chi connectivity index (χ1v) is 5.95. The molecular formula is C14H23NO2. The maximum Gasteiger partial charge on any atom is 0.122 e. The number of hydrogen-bond donors (Lipinski definition) is 1. The van der Waals surface area contributed by atoms with Gasteiger partial charge in [-0.3, -0.25) is 4.90 Å². The SMILES string of the molecule is COc1ccccc1CCN(C)C(C)(C)CO. The van der Waals surface area contributed by atoms with Crippen LogP contribution in [-0.4, -0.2) is 42.9 Å². The van der Waals surface area contributed by atoms with E-state index in [0.717, 1.165) is 18.7 Å². The Bertz CT molecular complexity index is 350. The number of ether oxygens (including phenoxy) is 1. The van der Waals surface area contributed by atoms with Crippen molar-refractivity contribution in [2.75, 3.05) is 27.3 Å². The topological polar surface area (TPSA) is 32.7 Å². The van der Waals surface area contributed by atoms with Crippen molar-refractivity contribution in [3.8, 4) is 5.75 Å². The van der Waals surface area contributed by atoms with E-state index in [0.29, 0.717) is 0 Å². The average Bonchev–Trinajstić information content (AvgIpc) is 2.36. The van der Waals surface area contributed by atoms with Crippen molar-refractivity contribution < 1.29 is 9.84 Å². The van der Waals surface area contributed by atoms with Crippen LogP contribution in [0.25, 0.3) is 0 Å². The molecule has 0 unspecified atom stereocenters. The van der Waals surface area contributed by atoms with Gasteiger partial charge in [-0.25, -0.2) is 0 Å². The van der Waals surface area contributed by atoms with Crippen LogP contribution in [0, 0.1) is 0 Å². The Balaban J connectivity index is 2.61. The summed E-state index contributed by atoms with van der Waals surface area (Å²) in [5.41, 5.74) is 1.03. The normalized spacial score (nSPS) is 11.9. The molecule has 17 heavy (non-hydrogen) atoms. The molecule has 0 aliphatic rings. The van der Waals surface area contributed by atoms with Crippen LogP contribution in [0.4, 0.5) is 0 Å². The lowest BCUT2D eigenvalue weighted by molar-refractivity contribution is 0.0799. The maximum absolute atomic E-state index is 9.30. The lowest BCUT2D eigenvalue weighted by Crippen LogP contribution is -2.45. The zero-order valence-corrected chi connectivity index (χ0v) is 11.2. The lowest BCUT2D eigenvalue weighted by Gasteiger charge is -2.33. The van der Waals surface area contributed by atoms with Crippen LogP contribution in [-0.2, 0) is 6.42 Å². The highest BCUT2D eigenvalue weighted by atomic mass is 16.5. The van der Waals surface area contributed by atoms with Gasteiger partial charge in [0.15, 0.2) is 0 Å². The van der Waals surface area contributed by atoms with Crippen LogP contribution >= 0.6 is 0 Å². The molecule has 0 aliphatic carbocycles. The first kappa shape index (κ1) is 14.0. The van der Waals surface area contributed by atoms with Gasteiger partial charge in [0.1, 0.15) is 5.75 Å². The van der Waals surface area contributed by atoms with Crippen molar-refractivity contribution in [3.63, 3.8) is 0 Å². The molecule has 0 bridgehead atoms. The number of methoxy groups -OCH3 is 1. The summed E-state index contributed by atoms with van der Waals surface area (Å²) in [5.74, 6) is 0.933. The number of likely N-dealkylation sites (N-methyl/N-ethyl adjacent to an activating group) is 1. The summed E-state index contributed by atoms with van der Waals surface area (Å²) in [4.78, 5) is 2.17. The third-order valence-corrected chi connectivity index (χ3v) is 3.33. The average molecular weight is 237 g/mol. The monoisotopic (exact) mass is 237 g/mol. The summed E-state index contributed by atoms with van der Waals surface area (Å²) >= 11 is 0. The van der Waals surface area contributed by atoms with Crippen LogP contribution in [0.3, 0.4) is 0 Å². The van der Waals surface area contributed by atoms with Gasteiger partial charge in [-0.05, 0) is 38.9 Å². The van der Waals surface area contributed by atoms with E-state index in [2.05, 4.69) is 11.0 Å². The zero-order chi connectivity index (χ0) is 12.9. The number of para-hydroxylation sites is 1. The molecule has 1 aromatic carbocycles. The highest BCUT2D eigenvalue weighted by molar-refractivity contribution is 5.33. The van der Waals surface area contributed by atoms with Crippen LogP contribution < -0.4 is 4.74 Å². The van der Waals surface area contributed by atoms with Gasteiger partial charge in [-0.1, -0.05) is 18.2 Å². The molecule has 3 nitrogen and oxygen atoms in total. The van der Waals surface area contributed by atoms with Gasteiger partial charge in [-0.2, -0.15) is 0 Å². The minimum atomic E-state index is -0.179. The molecule has 1 N–H and O–H groups in total. The van der Waals surface area contributed by atoms with E-state index in [1.807, 2.05) is 39.1 Å². The lowest BCUT2D eigenvalue weighted by atomic mass is 10.0. The van der Waals surface area contributed by atoms with E-state index in [4.69, 9.17) is 4.74 Å². The Morgan fingerprint density at radius 1 is 1.29 bits per heavy atom. The van der Waals surface area contributed by atoms with Crippen molar-refractivity contribution in [2.24, 2.45) is 0 Å². The van der Waals surface area contributed by atoms with Crippen LogP contribution in [0.1, 0.15) is 19.4 Å². The number of hydrogen-bond acceptors (Lipinski definition) is 3. The molecule has 0 spiro atoms. The number of benzene rings is 1. The third-order valence-electron chi connectivity index (χ3n) is 3.33. The molecule has 0 heterocycles. The maximum atomic E-state index is 9.30. The second-order valence-electron chi connectivity index (χ2n) is 4.95. The highest BCUT2D eigenvalue weighted by Crippen LogP contribution is 2.19. The number of aliphatic hydroxyl groups excluding tert-OH is 1. The molecule has 0 aliphatic heterocycles. The second kappa shape index (κ2) is 6.03. The standard InChI is InChI=1S/C14H23NO2/c1-14(2,11-16)15(3)10-9-12-7-5-6-8-13(12)17-4/h5-8,16H,9-11H2,1-4H3. The summed E-state index contributed by atoms with van der Waals surface area (Å²) in [6.07, 6.45) is 0.921. The fraction of sp³-hybridized carbons (Fsp3) is 0.571. The number of rotatable bonds is 6. The van der Waals surface area contributed by atoms with E-state index in [9.17, 15) is 5.11 Å². The van der Waals surface area contributed by atoms with Gasteiger partial charge in [0.05, 0.1) is 13.7 Å². The summed E-state index contributed by atoms with van der Waals surface area (Å²) in [6, 6.07) is 8.06. The van der Waals surface area contributed by atoms with E-state index in [-0.39, 0.29) is 12.1 Å². The van der Waals surface area contributed by atoms with Crippen molar-refractivity contribution in [1.82, 2.24) is 4.90 Å². The van der Waals surface area contributed by atoms with Gasteiger partial charge in [0.25, 0.3) is 0 Å². The van der Waals surface area contributed by atoms with Gasteiger partial charge >= 0.3 is 0 Å². The number of aliphatic hydroxyl groups is 1. The summed E-state index contributed by atoms with van der Waals surface area (Å²) in [7, 11) is 3.73. The van der Waals surface area contributed by atoms with E-state index < -0.39 is 0 Å². The van der Waals surface area contributed by atoms with E-state index >= 15 is 0 Å². The molecule has 0 saturated heterocycles. The molecule has 96 valence electrons. The smallest absolute Gasteiger partial charge is 0.122 e.